The minimum absolute atomic E-state index is 0.177. The van der Waals surface area contributed by atoms with E-state index in [0.717, 1.165) is 0 Å². The third-order valence-electron chi connectivity index (χ3n) is 4.42. The van der Waals surface area contributed by atoms with E-state index in [1.807, 2.05) is 0 Å². The van der Waals surface area contributed by atoms with E-state index in [1.54, 1.807) is 6.92 Å². The molecule has 1 fully saturated rings. The van der Waals surface area contributed by atoms with Gasteiger partial charge in [0.15, 0.2) is 0 Å². The normalized spacial score (nSPS) is 18.2. The van der Waals surface area contributed by atoms with Gasteiger partial charge in [-0.05, 0) is 19.3 Å². The molecule has 0 aromatic carbocycles. The predicted octanol–water partition coefficient (Wildman–Crippen LogP) is -2.36. The van der Waals surface area contributed by atoms with Gasteiger partial charge in [-0.1, -0.05) is 6.92 Å². The summed E-state index contributed by atoms with van der Waals surface area (Å²) in [4.78, 5) is 40.5. The largest absolute Gasteiger partial charge is 0.475 e. The highest BCUT2D eigenvalue weighted by Gasteiger charge is 2.37. The Morgan fingerprint density at radius 2 is 1.96 bits per heavy atom. The van der Waals surface area contributed by atoms with Crippen molar-refractivity contribution in [2.24, 2.45) is 5.73 Å². The first-order valence-corrected chi connectivity index (χ1v) is 8.10. The molecule has 0 radical (unpaired) electrons. The molecule has 0 spiro atoms. The fourth-order valence-electron chi connectivity index (χ4n) is 2.97. The van der Waals surface area contributed by atoms with Crippen LogP contribution in [0.1, 0.15) is 26.2 Å². The summed E-state index contributed by atoms with van der Waals surface area (Å²) in [6.07, 6.45) is 1.62. The number of rotatable bonds is 7. The monoisotopic (exact) mass is 342 g/mol. The Bertz CT molecular complexity index is 476. The van der Waals surface area contributed by atoms with Gasteiger partial charge < -0.3 is 30.5 Å². The number of nitrogens with zero attached hydrogens (tertiary/aromatic N) is 3. The smallest absolute Gasteiger partial charge is 0.426 e. The van der Waals surface area contributed by atoms with Crippen LogP contribution in [-0.2, 0) is 14.4 Å². The average molecular weight is 342 g/mol. The molecule has 0 bridgehead atoms. The number of nitrogens with two attached hydrogens (primary N) is 1. The molecule has 2 atom stereocenters. The molecular formula is C14H27BN4O5. The second kappa shape index (κ2) is 9.00. The Morgan fingerprint density at radius 1 is 1.33 bits per heavy atom. The fourth-order valence-corrected chi connectivity index (χ4v) is 2.97. The SMILES string of the molecule is CC[C@@H](C(=O)N(C)CC(=O)N1CCC[C@H]1B(O)O)N(C)C(=O)CN. The van der Waals surface area contributed by atoms with Crippen molar-refractivity contribution in [3.05, 3.63) is 0 Å². The number of likely N-dealkylation sites (tertiary alicyclic amines) is 1. The van der Waals surface area contributed by atoms with E-state index in [4.69, 9.17) is 5.73 Å². The van der Waals surface area contributed by atoms with E-state index in [-0.39, 0.29) is 30.8 Å². The summed E-state index contributed by atoms with van der Waals surface area (Å²) < 4.78 is 0. The Hall–Kier alpha value is -1.65. The van der Waals surface area contributed by atoms with Crippen LogP contribution < -0.4 is 5.73 Å². The molecule has 136 valence electrons. The molecular weight excluding hydrogens is 315 g/mol. The summed E-state index contributed by atoms with van der Waals surface area (Å²) in [5, 5.41) is 18.7. The second-order valence-corrected chi connectivity index (χ2v) is 6.04. The van der Waals surface area contributed by atoms with E-state index in [9.17, 15) is 24.4 Å². The Morgan fingerprint density at radius 3 is 2.46 bits per heavy atom. The third-order valence-corrected chi connectivity index (χ3v) is 4.42. The lowest BCUT2D eigenvalue weighted by molar-refractivity contribution is -0.146. The fraction of sp³-hybridized carbons (Fsp3) is 0.786. The maximum absolute atomic E-state index is 12.5. The molecule has 9 nitrogen and oxygen atoms in total. The van der Waals surface area contributed by atoms with Crippen LogP contribution in [0.4, 0.5) is 0 Å². The lowest BCUT2D eigenvalue weighted by Crippen LogP contribution is -2.53. The Balaban J connectivity index is 2.71. The summed E-state index contributed by atoms with van der Waals surface area (Å²) >= 11 is 0. The van der Waals surface area contributed by atoms with Crippen molar-refractivity contribution in [3.8, 4) is 0 Å². The Labute approximate surface area is 142 Å². The van der Waals surface area contributed by atoms with Gasteiger partial charge in [0, 0.05) is 20.6 Å². The van der Waals surface area contributed by atoms with Gasteiger partial charge >= 0.3 is 7.12 Å². The van der Waals surface area contributed by atoms with E-state index < -0.39 is 19.1 Å². The zero-order valence-corrected chi connectivity index (χ0v) is 14.5. The predicted molar refractivity (Wildman–Crippen MR) is 88.5 cm³/mol. The molecule has 1 rings (SSSR count). The van der Waals surface area contributed by atoms with Gasteiger partial charge in [0.1, 0.15) is 6.04 Å². The minimum atomic E-state index is -1.59. The highest BCUT2D eigenvalue weighted by atomic mass is 16.4. The van der Waals surface area contributed by atoms with Gasteiger partial charge in [-0.15, -0.1) is 0 Å². The van der Waals surface area contributed by atoms with Gasteiger partial charge in [0.25, 0.3) is 0 Å². The maximum Gasteiger partial charge on any atom is 0.475 e. The van der Waals surface area contributed by atoms with Crippen LogP contribution in [-0.4, -0.2) is 95.3 Å². The van der Waals surface area contributed by atoms with Crippen LogP contribution in [0.3, 0.4) is 0 Å². The van der Waals surface area contributed by atoms with Gasteiger partial charge in [0.2, 0.25) is 17.7 Å². The molecule has 0 saturated carbocycles. The molecule has 4 N–H and O–H groups in total. The number of likely N-dealkylation sites (N-methyl/N-ethyl adjacent to an activating group) is 2. The summed E-state index contributed by atoms with van der Waals surface area (Å²) in [5.74, 6) is -1.68. The summed E-state index contributed by atoms with van der Waals surface area (Å²) in [5.41, 5.74) is 5.32. The maximum atomic E-state index is 12.5. The van der Waals surface area contributed by atoms with Crippen molar-refractivity contribution >= 4 is 24.8 Å². The van der Waals surface area contributed by atoms with Crippen molar-refractivity contribution in [1.29, 1.82) is 0 Å². The average Bonchev–Trinajstić information content (AvgIpc) is 3.04. The van der Waals surface area contributed by atoms with Crippen molar-refractivity contribution < 1.29 is 24.4 Å². The molecule has 0 aromatic rings. The summed E-state index contributed by atoms with van der Waals surface area (Å²) in [7, 11) is 1.41. The highest BCUT2D eigenvalue weighted by Crippen LogP contribution is 2.18. The molecule has 1 saturated heterocycles. The molecule has 1 heterocycles. The van der Waals surface area contributed by atoms with Gasteiger partial charge in [-0.3, -0.25) is 14.4 Å². The van der Waals surface area contributed by atoms with Crippen LogP contribution in [0.5, 0.6) is 0 Å². The van der Waals surface area contributed by atoms with Crippen LogP contribution in [0.2, 0.25) is 0 Å². The second-order valence-electron chi connectivity index (χ2n) is 6.04. The third kappa shape index (κ3) is 4.68. The lowest BCUT2D eigenvalue weighted by Gasteiger charge is -2.31. The topological polar surface area (TPSA) is 127 Å². The van der Waals surface area contributed by atoms with Crippen molar-refractivity contribution in [2.75, 3.05) is 33.7 Å². The van der Waals surface area contributed by atoms with Gasteiger partial charge in [-0.25, -0.2) is 0 Å². The van der Waals surface area contributed by atoms with E-state index in [0.29, 0.717) is 25.8 Å². The van der Waals surface area contributed by atoms with Gasteiger partial charge in [0.05, 0.1) is 19.0 Å². The number of hydrogen-bond donors (Lipinski definition) is 3. The van der Waals surface area contributed by atoms with Crippen LogP contribution >= 0.6 is 0 Å². The summed E-state index contributed by atoms with van der Waals surface area (Å²) in [6.45, 7) is 1.85. The van der Waals surface area contributed by atoms with Crippen LogP contribution in [0.25, 0.3) is 0 Å². The van der Waals surface area contributed by atoms with E-state index in [2.05, 4.69) is 0 Å². The van der Waals surface area contributed by atoms with Crippen LogP contribution in [0.15, 0.2) is 0 Å². The standard InChI is InChI=1S/C14H27BN4O5/c1-4-10(18(3)12(20)8-16)14(22)17(2)9-13(21)19-7-5-6-11(19)15(23)24/h10-11,23-24H,4-9,16H2,1-3H3/t10-,11-/m0/s1. The molecule has 0 aromatic heterocycles. The first kappa shape index (κ1) is 20.4. The first-order valence-electron chi connectivity index (χ1n) is 8.10. The lowest BCUT2D eigenvalue weighted by atomic mass is 9.78. The molecule has 24 heavy (non-hydrogen) atoms. The van der Waals surface area contributed by atoms with Gasteiger partial charge in [-0.2, -0.15) is 0 Å². The highest BCUT2D eigenvalue weighted by molar-refractivity contribution is 6.43. The number of amides is 3. The van der Waals surface area contributed by atoms with E-state index >= 15 is 0 Å². The number of hydrogen-bond acceptors (Lipinski definition) is 6. The first-order chi connectivity index (χ1) is 11.2. The van der Waals surface area contributed by atoms with Crippen LogP contribution in [0, 0.1) is 0 Å². The number of carbonyl (C=O) groups excluding carboxylic acids is 3. The molecule has 0 unspecified atom stereocenters. The molecule has 3 amide bonds. The van der Waals surface area contributed by atoms with Crippen molar-refractivity contribution in [1.82, 2.24) is 14.7 Å². The van der Waals surface area contributed by atoms with Crippen molar-refractivity contribution in [3.63, 3.8) is 0 Å². The molecule has 0 aliphatic carbocycles. The molecule has 10 heteroatoms. The quantitative estimate of drug-likeness (QED) is 0.444. The Kier molecular flexibility index (Phi) is 7.65. The van der Waals surface area contributed by atoms with Crippen molar-refractivity contribution in [2.45, 2.75) is 38.2 Å². The minimum Gasteiger partial charge on any atom is -0.426 e. The summed E-state index contributed by atoms with van der Waals surface area (Å²) in [6, 6.07) is -0.684. The zero-order chi connectivity index (χ0) is 18.4. The molecule has 1 aliphatic rings. The molecule has 1 aliphatic heterocycles. The van der Waals surface area contributed by atoms with E-state index in [1.165, 1.54) is 28.8 Å². The zero-order valence-electron chi connectivity index (χ0n) is 14.5. The number of carbonyl (C=O) groups is 3.